The third-order valence-electron chi connectivity index (χ3n) is 3.68. The molecule has 1 unspecified atom stereocenters. The first-order valence-electron chi connectivity index (χ1n) is 6.98. The molecule has 2 aromatic rings. The Morgan fingerprint density at radius 2 is 2.09 bits per heavy atom. The summed E-state index contributed by atoms with van der Waals surface area (Å²) in [5.41, 5.74) is 2.31. The van der Waals surface area contributed by atoms with Gasteiger partial charge in [-0.3, -0.25) is 4.98 Å². The predicted octanol–water partition coefficient (Wildman–Crippen LogP) is 1.81. The van der Waals surface area contributed by atoms with Crippen LogP contribution in [0.5, 0.6) is 0 Å². The zero-order chi connectivity index (χ0) is 15.6. The van der Waals surface area contributed by atoms with Gasteiger partial charge in [-0.2, -0.15) is 0 Å². The minimum atomic E-state index is -3.78. The number of nitrogens with zero attached hydrogens (tertiary/aromatic N) is 1. The van der Waals surface area contributed by atoms with Crippen molar-refractivity contribution in [3.05, 3.63) is 59.7 Å². The second-order valence-corrected chi connectivity index (χ2v) is 6.91. The lowest BCUT2D eigenvalue weighted by molar-refractivity contribution is 0.491. The standard InChI is InChI=1S/C15H16FN3O2S.ClH/c16-12-7-13(9-17-8-12)22(20,21)19-10-15-14-4-2-1-3-11(14)5-6-18-15;/h1-4,7-9,15,18-19H,5-6,10H2;1H. The highest BCUT2D eigenvalue weighted by molar-refractivity contribution is 7.89. The van der Waals surface area contributed by atoms with E-state index in [9.17, 15) is 12.8 Å². The van der Waals surface area contributed by atoms with Crippen LogP contribution in [-0.4, -0.2) is 26.5 Å². The van der Waals surface area contributed by atoms with Crippen LogP contribution in [0.15, 0.2) is 47.6 Å². The summed E-state index contributed by atoms with van der Waals surface area (Å²) < 4.78 is 40.0. The van der Waals surface area contributed by atoms with Gasteiger partial charge in [-0.25, -0.2) is 17.5 Å². The molecule has 2 heterocycles. The molecule has 0 bridgehead atoms. The number of sulfonamides is 1. The van der Waals surface area contributed by atoms with E-state index in [1.165, 1.54) is 5.56 Å². The Labute approximate surface area is 140 Å². The molecule has 0 saturated heterocycles. The maximum atomic E-state index is 13.1. The summed E-state index contributed by atoms with van der Waals surface area (Å²) in [5, 5.41) is 3.29. The molecule has 8 heteroatoms. The number of nitrogens with one attached hydrogen (secondary N) is 2. The molecular weight excluding hydrogens is 341 g/mol. The van der Waals surface area contributed by atoms with Crippen molar-refractivity contribution in [3.8, 4) is 0 Å². The van der Waals surface area contributed by atoms with Crippen LogP contribution in [0.1, 0.15) is 17.2 Å². The molecule has 5 nitrogen and oxygen atoms in total. The lowest BCUT2D eigenvalue weighted by Gasteiger charge is -2.27. The van der Waals surface area contributed by atoms with E-state index in [1.54, 1.807) is 0 Å². The molecule has 1 aliphatic heterocycles. The summed E-state index contributed by atoms with van der Waals surface area (Å²) in [4.78, 5) is 3.40. The minimum absolute atomic E-state index is 0. The zero-order valence-corrected chi connectivity index (χ0v) is 13.8. The second-order valence-electron chi connectivity index (χ2n) is 5.15. The van der Waals surface area contributed by atoms with Gasteiger partial charge in [0.05, 0.1) is 6.20 Å². The topological polar surface area (TPSA) is 71.1 Å². The van der Waals surface area contributed by atoms with E-state index in [2.05, 4.69) is 15.0 Å². The fourth-order valence-corrected chi connectivity index (χ4v) is 3.61. The van der Waals surface area contributed by atoms with Gasteiger partial charge in [-0.1, -0.05) is 24.3 Å². The fourth-order valence-electron chi connectivity index (χ4n) is 2.59. The number of benzene rings is 1. The molecular formula is C15H17ClFN3O2S. The summed E-state index contributed by atoms with van der Waals surface area (Å²) >= 11 is 0. The summed E-state index contributed by atoms with van der Waals surface area (Å²) in [7, 11) is -3.78. The van der Waals surface area contributed by atoms with Crippen LogP contribution < -0.4 is 10.0 Å². The lowest BCUT2D eigenvalue weighted by Crippen LogP contribution is -2.38. The average molecular weight is 358 g/mol. The Morgan fingerprint density at radius 3 is 2.87 bits per heavy atom. The molecule has 0 aliphatic carbocycles. The van der Waals surface area contributed by atoms with E-state index in [4.69, 9.17) is 0 Å². The summed E-state index contributed by atoms with van der Waals surface area (Å²) in [5.74, 6) is -0.677. The Balaban J connectivity index is 0.00000192. The Kier molecular flexibility index (Phi) is 5.69. The van der Waals surface area contributed by atoms with Crippen LogP contribution >= 0.6 is 12.4 Å². The largest absolute Gasteiger partial charge is 0.308 e. The molecule has 1 atom stereocenters. The number of aromatic nitrogens is 1. The van der Waals surface area contributed by atoms with Crippen LogP contribution in [0.4, 0.5) is 4.39 Å². The first kappa shape index (κ1) is 17.8. The van der Waals surface area contributed by atoms with Gasteiger partial charge in [0.1, 0.15) is 10.7 Å². The van der Waals surface area contributed by atoms with Crippen LogP contribution in [0.25, 0.3) is 0 Å². The van der Waals surface area contributed by atoms with Crippen molar-refractivity contribution in [1.29, 1.82) is 0 Å². The normalized spacial score (nSPS) is 17.2. The first-order valence-corrected chi connectivity index (χ1v) is 8.46. The highest BCUT2D eigenvalue weighted by Gasteiger charge is 2.22. The maximum Gasteiger partial charge on any atom is 0.242 e. The number of halogens is 2. The van der Waals surface area contributed by atoms with Crippen molar-refractivity contribution in [2.45, 2.75) is 17.4 Å². The van der Waals surface area contributed by atoms with Crippen molar-refractivity contribution in [3.63, 3.8) is 0 Å². The molecule has 0 radical (unpaired) electrons. The van der Waals surface area contributed by atoms with Crippen LogP contribution in [0.3, 0.4) is 0 Å². The van der Waals surface area contributed by atoms with E-state index in [0.717, 1.165) is 37.0 Å². The van der Waals surface area contributed by atoms with Crippen LogP contribution in [0.2, 0.25) is 0 Å². The van der Waals surface area contributed by atoms with Crippen molar-refractivity contribution >= 4 is 22.4 Å². The molecule has 0 saturated carbocycles. The van der Waals surface area contributed by atoms with Gasteiger partial charge >= 0.3 is 0 Å². The molecule has 124 valence electrons. The van der Waals surface area contributed by atoms with Gasteiger partial charge in [0.25, 0.3) is 0 Å². The number of fused-ring (bicyclic) bond motifs is 1. The highest BCUT2D eigenvalue weighted by Crippen LogP contribution is 2.22. The van der Waals surface area contributed by atoms with Gasteiger partial charge in [-0.05, 0) is 30.2 Å². The first-order chi connectivity index (χ1) is 10.6. The van der Waals surface area contributed by atoms with Crippen molar-refractivity contribution < 1.29 is 12.8 Å². The third kappa shape index (κ3) is 4.06. The molecule has 1 aromatic heterocycles. The molecule has 3 rings (SSSR count). The van der Waals surface area contributed by atoms with Crippen LogP contribution in [-0.2, 0) is 16.4 Å². The molecule has 23 heavy (non-hydrogen) atoms. The number of hydrogen-bond acceptors (Lipinski definition) is 4. The van der Waals surface area contributed by atoms with Crippen molar-refractivity contribution in [2.24, 2.45) is 0 Å². The van der Waals surface area contributed by atoms with Gasteiger partial charge in [0.15, 0.2) is 0 Å². The lowest BCUT2D eigenvalue weighted by atomic mass is 9.95. The van der Waals surface area contributed by atoms with Gasteiger partial charge in [0, 0.05) is 18.8 Å². The van der Waals surface area contributed by atoms with E-state index >= 15 is 0 Å². The van der Waals surface area contributed by atoms with E-state index in [-0.39, 0.29) is 29.9 Å². The zero-order valence-electron chi connectivity index (χ0n) is 12.2. The Hall–Kier alpha value is -1.54. The average Bonchev–Trinajstić information content (AvgIpc) is 2.53. The molecule has 0 fully saturated rings. The molecule has 0 amide bonds. The van der Waals surface area contributed by atoms with E-state index in [1.807, 2.05) is 24.3 Å². The summed E-state index contributed by atoms with van der Waals surface area (Å²) in [6, 6.07) is 8.81. The number of rotatable bonds is 4. The van der Waals surface area contributed by atoms with Crippen LogP contribution in [0, 0.1) is 5.82 Å². The number of pyridine rings is 1. The number of hydrogen-bond donors (Lipinski definition) is 2. The molecule has 0 spiro atoms. The Morgan fingerprint density at radius 1 is 1.30 bits per heavy atom. The Bertz CT molecular complexity index is 786. The smallest absolute Gasteiger partial charge is 0.242 e. The molecule has 1 aliphatic rings. The highest BCUT2D eigenvalue weighted by atomic mass is 35.5. The summed E-state index contributed by atoms with van der Waals surface area (Å²) in [6.45, 7) is 1.00. The SMILES string of the molecule is Cl.O=S(=O)(NCC1NCCc2ccccc21)c1cncc(F)c1. The molecule has 2 N–H and O–H groups in total. The van der Waals surface area contributed by atoms with Gasteiger partial charge < -0.3 is 5.32 Å². The second kappa shape index (κ2) is 7.35. The minimum Gasteiger partial charge on any atom is -0.308 e. The van der Waals surface area contributed by atoms with Gasteiger partial charge in [0.2, 0.25) is 10.0 Å². The third-order valence-corrected chi connectivity index (χ3v) is 5.07. The van der Waals surface area contributed by atoms with Gasteiger partial charge in [-0.15, -0.1) is 12.4 Å². The van der Waals surface area contributed by atoms with E-state index < -0.39 is 15.8 Å². The quantitative estimate of drug-likeness (QED) is 0.875. The monoisotopic (exact) mass is 357 g/mol. The summed E-state index contributed by atoms with van der Waals surface area (Å²) in [6.07, 6.45) is 3.03. The predicted molar refractivity (Wildman–Crippen MR) is 87.5 cm³/mol. The molecule has 1 aromatic carbocycles. The van der Waals surface area contributed by atoms with Crippen molar-refractivity contribution in [1.82, 2.24) is 15.0 Å². The van der Waals surface area contributed by atoms with Crippen molar-refractivity contribution in [2.75, 3.05) is 13.1 Å². The maximum absolute atomic E-state index is 13.1. The van der Waals surface area contributed by atoms with E-state index in [0.29, 0.717) is 0 Å². The fraction of sp³-hybridized carbons (Fsp3) is 0.267.